The van der Waals surface area contributed by atoms with Crippen molar-refractivity contribution in [3.05, 3.63) is 40.9 Å². The van der Waals surface area contributed by atoms with E-state index in [0.717, 1.165) is 30.9 Å². The lowest BCUT2D eigenvalue weighted by Crippen LogP contribution is -2.31. The molecule has 2 aromatic rings. The second-order valence-electron chi connectivity index (χ2n) is 5.68. The van der Waals surface area contributed by atoms with E-state index in [0.29, 0.717) is 17.9 Å². The molecule has 1 amide bonds. The van der Waals surface area contributed by atoms with Gasteiger partial charge in [0.15, 0.2) is 0 Å². The largest absolute Gasteiger partial charge is 0.450 e. The Labute approximate surface area is 128 Å². The van der Waals surface area contributed by atoms with Crippen LogP contribution < -0.4 is 5.32 Å². The zero-order chi connectivity index (χ0) is 15.7. The Hall–Kier alpha value is -2.55. The molecule has 1 aliphatic rings. The second kappa shape index (κ2) is 5.68. The van der Waals surface area contributed by atoms with Gasteiger partial charge in [-0.15, -0.1) is 0 Å². The number of nitrogens with zero attached hydrogens (tertiary/aromatic N) is 3. The van der Waals surface area contributed by atoms with Gasteiger partial charge in [-0.25, -0.2) is 4.98 Å². The minimum Gasteiger partial charge on any atom is -0.450 e. The molecule has 0 aromatic carbocycles. The van der Waals surface area contributed by atoms with Gasteiger partial charge < -0.3 is 14.3 Å². The molecule has 2 aromatic heterocycles. The topological polar surface area (TPSA) is 83.9 Å². The van der Waals surface area contributed by atoms with Crippen molar-refractivity contribution >= 4 is 5.91 Å². The van der Waals surface area contributed by atoms with Crippen LogP contribution in [0.1, 0.15) is 52.2 Å². The maximum absolute atomic E-state index is 12.2. The fraction of sp³-hybridized carbons (Fsp3) is 0.438. The molecule has 1 N–H and O–H groups in total. The van der Waals surface area contributed by atoms with Gasteiger partial charge >= 0.3 is 0 Å². The summed E-state index contributed by atoms with van der Waals surface area (Å²) in [6.45, 7) is 5.21. The van der Waals surface area contributed by atoms with Crippen molar-refractivity contribution in [1.82, 2.24) is 14.9 Å². The van der Waals surface area contributed by atoms with Gasteiger partial charge in [0.25, 0.3) is 5.91 Å². The number of hydrogen-bond donors (Lipinski definition) is 1. The average Bonchev–Trinajstić information content (AvgIpc) is 3.06. The van der Waals surface area contributed by atoms with E-state index in [2.05, 4.69) is 21.1 Å². The molecule has 0 fully saturated rings. The van der Waals surface area contributed by atoms with E-state index in [1.165, 1.54) is 6.07 Å². The molecular weight excluding hydrogens is 280 g/mol. The van der Waals surface area contributed by atoms with Gasteiger partial charge in [0.05, 0.1) is 11.3 Å². The van der Waals surface area contributed by atoms with Crippen LogP contribution in [-0.4, -0.2) is 22.0 Å². The van der Waals surface area contributed by atoms with E-state index in [-0.39, 0.29) is 17.6 Å². The first kappa shape index (κ1) is 14.4. The molecule has 0 saturated carbocycles. The second-order valence-corrected chi connectivity index (χ2v) is 5.68. The highest BCUT2D eigenvalue weighted by atomic mass is 16.3. The predicted octanol–water partition coefficient (Wildman–Crippen LogP) is 2.27. The number of carbonyl (C=O) groups is 1. The fourth-order valence-electron chi connectivity index (χ4n) is 2.97. The minimum atomic E-state index is -0.205. The zero-order valence-corrected chi connectivity index (χ0v) is 12.7. The molecule has 3 heterocycles. The van der Waals surface area contributed by atoms with Crippen LogP contribution in [0.25, 0.3) is 0 Å². The summed E-state index contributed by atoms with van der Waals surface area (Å²) in [5.74, 6) is 1.70. The number of imidazole rings is 1. The number of furan rings is 1. The summed E-state index contributed by atoms with van der Waals surface area (Å²) in [6.07, 6.45) is 4.17. The maximum atomic E-state index is 12.2. The van der Waals surface area contributed by atoms with Gasteiger partial charge in [0, 0.05) is 31.3 Å². The van der Waals surface area contributed by atoms with Crippen molar-refractivity contribution in [3.8, 4) is 6.07 Å². The summed E-state index contributed by atoms with van der Waals surface area (Å²) < 4.78 is 7.37. The van der Waals surface area contributed by atoms with Crippen LogP contribution in [0, 0.1) is 25.2 Å². The average molecular weight is 298 g/mol. The van der Waals surface area contributed by atoms with E-state index in [1.807, 2.05) is 13.0 Å². The molecule has 3 rings (SSSR count). The van der Waals surface area contributed by atoms with Crippen LogP contribution >= 0.6 is 0 Å². The summed E-state index contributed by atoms with van der Waals surface area (Å²) in [5, 5.41) is 11.8. The van der Waals surface area contributed by atoms with E-state index < -0.39 is 0 Å². The van der Waals surface area contributed by atoms with Crippen LogP contribution in [0.15, 0.2) is 16.7 Å². The van der Waals surface area contributed by atoms with E-state index in [9.17, 15) is 4.79 Å². The first-order valence-electron chi connectivity index (χ1n) is 7.41. The van der Waals surface area contributed by atoms with Crippen molar-refractivity contribution in [1.29, 1.82) is 5.26 Å². The number of nitriles is 1. The Morgan fingerprint density at radius 2 is 2.41 bits per heavy atom. The SMILES string of the molecule is Cc1cn2c(n1)C(CNC(=O)c1cc(C#N)oc1C)CCC2. The third-order valence-corrected chi connectivity index (χ3v) is 4.03. The van der Waals surface area contributed by atoms with Gasteiger partial charge in [0.2, 0.25) is 5.76 Å². The van der Waals surface area contributed by atoms with Gasteiger partial charge in [-0.3, -0.25) is 4.79 Å². The fourth-order valence-corrected chi connectivity index (χ4v) is 2.97. The molecule has 1 aliphatic heterocycles. The Morgan fingerprint density at radius 3 is 3.14 bits per heavy atom. The van der Waals surface area contributed by atoms with Crippen molar-refractivity contribution in [2.45, 2.75) is 39.2 Å². The molecule has 1 unspecified atom stereocenters. The molecule has 0 bridgehead atoms. The Kier molecular flexibility index (Phi) is 3.72. The first-order chi connectivity index (χ1) is 10.6. The molecule has 0 aliphatic carbocycles. The lowest BCUT2D eigenvalue weighted by Gasteiger charge is -2.23. The van der Waals surface area contributed by atoms with Crippen molar-refractivity contribution < 1.29 is 9.21 Å². The zero-order valence-electron chi connectivity index (χ0n) is 12.7. The van der Waals surface area contributed by atoms with Crippen LogP contribution in [0.4, 0.5) is 0 Å². The molecule has 0 radical (unpaired) electrons. The summed E-state index contributed by atoms with van der Waals surface area (Å²) in [4.78, 5) is 16.8. The molecule has 6 nitrogen and oxygen atoms in total. The van der Waals surface area contributed by atoms with E-state index in [1.54, 1.807) is 6.92 Å². The smallest absolute Gasteiger partial charge is 0.254 e. The standard InChI is InChI=1S/C16H18N4O2/c1-10-9-20-5-3-4-12(15(20)19-10)8-18-16(21)14-6-13(7-17)22-11(14)2/h6,9,12H,3-5,8H2,1-2H3,(H,18,21). The lowest BCUT2D eigenvalue weighted by molar-refractivity contribution is 0.0948. The number of rotatable bonds is 3. The molecule has 0 spiro atoms. The highest BCUT2D eigenvalue weighted by Crippen LogP contribution is 2.26. The van der Waals surface area contributed by atoms with Gasteiger partial charge in [0.1, 0.15) is 17.7 Å². The number of aryl methyl sites for hydroxylation is 3. The Morgan fingerprint density at radius 1 is 1.59 bits per heavy atom. The number of amides is 1. The number of fused-ring (bicyclic) bond motifs is 1. The van der Waals surface area contributed by atoms with Gasteiger partial charge in [-0.05, 0) is 26.7 Å². The van der Waals surface area contributed by atoms with Crippen LogP contribution in [0.5, 0.6) is 0 Å². The Balaban J connectivity index is 1.69. The molecule has 114 valence electrons. The Bertz CT molecular complexity index is 751. The summed E-state index contributed by atoms with van der Waals surface area (Å²) in [7, 11) is 0. The third-order valence-electron chi connectivity index (χ3n) is 4.03. The molecular formula is C16H18N4O2. The van der Waals surface area contributed by atoms with E-state index >= 15 is 0 Å². The summed E-state index contributed by atoms with van der Waals surface area (Å²) in [5.41, 5.74) is 1.43. The van der Waals surface area contributed by atoms with Crippen LogP contribution in [0.2, 0.25) is 0 Å². The quantitative estimate of drug-likeness (QED) is 0.942. The normalized spacial score (nSPS) is 16.9. The summed E-state index contributed by atoms with van der Waals surface area (Å²) >= 11 is 0. The van der Waals surface area contributed by atoms with Crippen LogP contribution in [-0.2, 0) is 6.54 Å². The number of hydrogen-bond acceptors (Lipinski definition) is 4. The summed E-state index contributed by atoms with van der Waals surface area (Å²) in [6, 6.07) is 3.39. The number of aromatic nitrogens is 2. The third kappa shape index (κ3) is 2.62. The number of carbonyl (C=O) groups excluding carboxylic acids is 1. The van der Waals surface area contributed by atoms with Crippen molar-refractivity contribution in [2.24, 2.45) is 0 Å². The monoisotopic (exact) mass is 298 g/mol. The van der Waals surface area contributed by atoms with Crippen molar-refractivity contribution in [2.75, 3.05) is 6.54 Å². The lowest BCUT2D eigenvalue weighted by atomic mass is 9.99. The minimum absolute atomic E-state index is 0.159. The highest BCUT2D eigenvalue weighted by molar-refractivity contribution is 5.95. The van der Waals surface area contributed by atoms with E-state index in [4.69, 9.17) is 9.68 Å². The predicted molar refractivity (Wildman–Crippen MR) is 79.4 cm³/mol. The van der Waals surface area contributed by atoms with Gasteiger partial charge in [-0.1, -0.05) is 0 Å². The molecule has 1 atom stereocenters. The highest BCUT2D eigenvalue weighted by Gasteiger charge is 2.24. The van der Waals surface area contributed by atoms with Gasteiger partial charge in [-0.2, -0.15) is 5.26 Å². The molecule has 6 heteroatoms. The maximum Gasteiger partial charge on any atom is 0.254 e. The molecule has 0 saturated heterocycles. The number of nitrogens with one attached hydrogen (secondary N) is 1. The molecule has 22 heavy (non-hydrogen) atoms. The van der Waals surface area contributed by atoms with Crippen LogP contribution in [0.3, 0.4) is 0 Å². The van der Waals surface area contributed by atoms with Crippen molar-refractivity contribution in [3.63, 3.8) is 0 Å². The first-order valence-corrected chi connectivity index (χ1v) is 7.41.